The number of hydrogen-bond donors (Lipinski definition) is 0. The van der Waals surface area contributed by atoms with Gasteiger partial charge in [-0.05, 0) is 46.8 Å². The molecule has 3 aromatic rings. The van der Waals surface area contributed by atoms with E-state index in [9.17, 15) is 4.79 Å². The highest BCUT2D eigenvalue weighted by Gasteiger charge is 2.32. The van der Waals surface area contributed by atoms with E-state index in [0.717, 1.165) is 5.02 Å². The number of fused-ring (bicyclic) bond motifs is 1. The van der Waals surface area contributed by atoms with Gasteiger partial charge in [0.1, 0.15) is 0 Å². The van der Waals surface area contributed by atoms with Gasteiger partial charge < -0.3 is 4.57 Å². The van der Waals surface area contributed by atoms with Crippen LogP contribution in [0.25, 0.3) is 10.9 Å². The van der Waals surface area contributed by atoms with Crippen molar-refractivity contribution in [3.63, 3.8) is 0 Å². The van der Waals surface area contributed by atoms with Gasteiger partial charge in [-0.1, -0.05) is 84.3 Å². The molecular weight excluding hydrogens is 457 g/mol. The molecule has 1 heterocycles. The molecule has 0 atom stereocenters. The Morgan fingerprint density at radius 2 is 1.66 bits per heavy atom. The van der Waals surface area contributed by atoms with Crippen molar-refractivity contribution in [1.82, 2.24) is 4.57 Å². The molecule has 32 heavy (non-hydrogen) atoms. The normalized spacial score (nSPS) is 12.7. The van der Waals surface area contributed by atoms with Crippen LogP contribution in [0.2, 0.25) is 5.02 Å². The summed E-state index contributed by atoms with van der Waals surface area (Å²) in [5, 5.41) is 1.71. The molecule has 0 saturated heterocycles. The molecule has 0 fully saturated rings. The van der Waals surface area contributed by atoms with E-state index in [1.165, 1.54) is 32.6 Å². The average molecular weight is 491 g/mol. The first-order chi connectivity index (χ1) is 14.8. The molecule has 0 unspecified atom stereocenters. The van der Waals surface area contributed by atoms with Crippen molar-refractivity contribution in [2.75, 3.05) is 0 Å². The molecule has 0 radical (unpaired) electrons. The van der Waals surface area contributed by atoms with E-state index in [1.807, 2.05) is 37.7 Å². The van der Waals surface area contributed by atoms with Gasteiger partial charge in [0, 0.05) is 49.6 Å². The topological polar surface area (TPSA) is 22.0 Å². The minimum atomic E-state index is -0.668. The van der Waals surface area contributed by atoms with Crippen LogP contribution in [0.4, 0.5) is 0 Å². The predicted octanol–water partition coefficient (Wildman–Crippen LogP) is 8.69. The number of aromatic nitrogens is 1. The molecule has 0 aliphatic carbocycles. The van der Waals surface area contributed by atoms with Crippen LogP contribution in [-0.4, -0.2) is 14.6 Å². The molecule has 0 aliphatic rings. The zero-order chi connectivity index (χ0) is 23.8. The standard InChI is InChI=1S/C27H33Cl2NOS/c1-17(2)20-9-8-10-21-23(20)24(32-26(3,4)5)22(15-27(6,7)25(29)31)30(21)16-18-11-13-19(28)14-12-18/h8-14,17H,15-16H2,1-7H3. The Labute approximate surface area is 206 Å². The monoisotopic (exact) mass is 489 g/mol. The summed E-state index contributed by atoms with van der Waals surface area (Å²) < 4.78 is 2.40. The molecule has 1 aromatic heterocycles. The van der Waals surface area contributed by atoms with E-state index in [-0.39, 0.29) is 9.99 Å². The Balaban J connectivity index is 2.34. The fourth-order valence-corrected chi connectivity index (χ4v) is 5.39. The lowest BCUT2D eigenvalue weighted by atomic mass is 9.89. The molecule has 3 rings (SSSR count). The first-order valence-corrected chi connectivity index (χ1v) is 12.6. The molecule has 0 saturated carbocycles. The fourth-order valence-electron chi connectivity index (χ4n) is 3.96. The van der Waals surface area contributed by atoms with Crippen molar-refractivity contribution in [1.29, 1.82) is 0 Å². The number of carbonyl (C=O) groups is 1. The van der Waals surface area contributed by atoms with Crippen LogP contribution >= 0.6 is 35.0 Å². The van der Waals surface area contributed by atoms with Gasteiger partial charge in [-0.15, -0.1) is 11.8 Å². The Bertz CT molecular complexity index is 1120. The van der Waals surface area contributed by atoms with Crippen LogP contribution in [0.5, 0.6) is 0 Å². The molecule has 0 aliphatic heterocycles. The summed E-state index contributed by atoms with van der Waals surface area (Å²) in [5.74, 6) is 0.389. The third kappa shape index (κ3) is 5.55. The summed E-state index contributed by atoms with van der Waals surface area (Å²) in [6.07, 6.45) is 0.577. The maximum absolute atomic E-state index is 12.3. The number of thioether (sulfide) groups is 1. The second kappa shape index (κ2) is 9.44. The third-order valence-corrected chi connectivity index (χ3v) is 7.63. The Morgan fingerprint density at radius 3 is 2.19 bits per heavy atom. The van der Waals surface area contributed by atoms with E-state index in [4.69, 9.17) is 23.2 Å². The SMILES string of the molecule is CC(C)c1cccc2c1c(SC(C)(C)C)c(CC(C)(C)C(=O)Cl)n2Cc1ccc(Cl)cc1. The lowest BCUT2D eigenvalue weighted by molar-refractivity contribution is -0.119. The Hall–Kier alpha value is -1.42. The minimum absolute atomic E-state index is 0.0212. The van der Waals surface area contributed by atoms with Crippen molar-refractivity contribution in [2.24, 2.45) is 5.41 Å². The minimum Gasteiger partial charge on any atom is -0.339 e. The van der Waals surface area contributed by atoms with Gasteiger partial charge >= 0.3 is 0 Å². The van der Waals surface area contributed by atoms with Crippen LogP contribution < -0.4 is 0 Å². The summed E-state index contributed by atoms with van der Waals surface area (Å²) in [6, 6.07) is 14.6. The molecule has 0 amide bonds. The lowest BCUT2D eigenvalue weighted by Crippen LogP contribution is -2.25. The number of hydrogen-bond acceptors (Lipinski definition) is 2. The van der Waals surface area contributed by atoms with Crippen LogP contribution in [0.15, 0.2) is 47.4 Å². The molecule has 0 N–H and O–H groups in total. The van der Waals surface area contributed by atoms with Gasteiger partial charge in [-0.25, -0.2) is 0 Å². The number of halogens is 2. The van der Waals surface area contributed by atoms with E-state index < -0.39 is 5.41 Å². The summed E-state index contributed by atoms with van der Waals surface area (Å²) >= 11 is 14.1. The number of benzene rings is 2. The van der Waals surface area contributed by atoms with Crippen molar-refractivity contribution >= 4 is 51.1 Å². The highest BCUT2D eigenvalue weighted by atomic mass is 35.5. The lowest BCUT2D eigenvalue weighted by Gasteiger charge is -2.24. The summed E-state index contributed by atoms with van der Waals surface area (Å²) in [6.45, 7) is 15.8. The molecule has 0 bridgehead atoms. The van der Waals surface area contributed by atoms with Crippen LogP contribution in [0.3, 0.4) is 0 Å². The Morgan fingerprint density at radius 1 is 1.03 bits per heavy atom. The molecule has 0 spiro atoms. The first kappa shape index (κ1) is 25.2. The van der Waals surface area contributed by atoms with Gasteiger partial charge in [0.05, 0.1) is 0 Å². The van der Waals surface area contributed by atoms with Gasteiger partial charge in [-0.3, -0.25) is 4.79 Å². The van der Waals surface area contributed by atoms with Crippen molar-refractivity contribution < 1.29 is 4.79 Å². The number of rotatable bonds is 7. The number of carbonyl (C=O) groups excluding carboxylic acids is 1. The quantitative estimate of drug-likeness (QED) is 0.244. The third-order valence-electron chi connectivity index (χ3n) is 5.61. The maximum Gasteiger partial charge on any atom is 0.227 e. The molecule has 172 valence electrons. The van der Waals surface area contributed by atoms with Gasteiger partial charge in [-0.2, -0.15) is 0 Å². The average Bonchev–Trinajstić information content (AvgIpc) is 2.94. The smallest absolute Gasteiger partial charge is 0.227 e. The molecular formula is C27H33Cl2NOS. The van der Waals surface area contributed by atoms with E-state index in [2.05, 4.69) is 69.5 Å². The van der Waals surface area contributed by atoms with Crippen molar-refractivity contribution in [3.05, 3.63) is 64.3 Å². The van der Waals surface area contributed by atoms with Crippen LogP contribution in [-0.2, 0) is 17.8 Å². The Kier molecular flexibility index (Phi) is 7.44. The zero-order valence-corrected chi connectivity index (χ0v) is 22.4. The highest BCUT2D eigenvalue weighted by molar-refractivity contribution is 8.00. The van der Waals surface area contributed by atoms with Crippen LogP contribution in [0, 0.1) is 5.41 Å². The largest absolute Gasteiger partial charge is 0.339 e. The van der Waals surface area contributed by atoms with Gasteiger partial charge in [0.2, 0.25) is 5.24 Å². The predicted molar refractivity (Wildman–Crippen MR) is 141 cm³/mol. The molecule has 2 aromatic carbocycles. The second-order valence-corrected chi connectivity index (χ2v) is 13.1. The van der Waals surface area contributed by atoms with Crippen molar-refractivity contribution in [3.8, 4) is 0 Å². The molecule has 2 nitrogen and oxygen atoms in total. The first-order valence-electron chi connectivity index (χ1n) is 11.1. The van der Waals surface area contributed by atoms with E-state index >= 15 is 0 Å². The van der Waals surface area contributed by atoms with Gasteiger partial charge in [0.25, 0.3) is 0 Å². The second-order valence-electron chi connectivity index (χ2n) is 10.4. The fraction of sp³-hybridized carbons (Fsp3) is 0.444. The van der Waals surface area contributed by atoms with Crippen LogP contribution in [0.1, 0.15) is 71.2 Å². The zero-order valence-electron chi connectivity index (χ0n) is 20.1. The number of nitrogens with zero attached hydrogens (tertiary/aromatic N) is 1. The summed E-state index contributed by atoms with van der Waals surface area (Å²) in [7, 11) is 0. The highest BCUT2D eigenvalue weighted by Crippen LogP contribution is 2.45. The van der Waals surface area contributed by atoms with Crippen molar-refractivity contribution in [2.45, 2.75) is 77.0 Å². The van der Waals surface area contributed by atoms with Gasteiger partial charge in [0.15, 0.2) is 0 Å². The molecule has 5 heteroatoms. The van der Waals surface area contributed by atoms with E-state index in [1.54, 1.807) is 0 Å². The summed E-state index contributed by atoms with van der Waals surface area (Å²) in [4.78, 5) is 13.6. The maximum atomic E-state index is 12.3. The van der Waals surface area contributed by atoms with E-state index in [0.29, 0.717) is 18.9 Å². The summed E-state index contributed by atoms with van der Waals surface area (Å²) in [5.41, 5.74) is 4.21.